The zero-order valence-corrected chi connectivity index (χ0v) is 10.8. The lowest BCUT2D eigenvalue weighted by atomic mass is 10.3. The van der Waals surface area contributed by atoms with Crippen LogP contribution in [-0.2, 0) is 9.59 Å². The molecule has 0 fully saturated rings. The number of primary amides is 1. The molecule has 0 heterocycles. The van der Waals surface area contributed by atoms with E-state index in [1.54, 1.807) is 0 Å². The average Bonchev–Trinajstić information content (AvgIpc) is 2.28. The quantitative estimate of drug-likeness (QED) is 0.728. The fourth-order valence-corrected chi connectivity index (χ4v) is 1.40. The van der Waals surface area contributed by atoms with Gasteiger partial charge in [0.15, 0.2) is 0 Å². The minimum absolute atomic E-state index is 0.157. The Morgan fingerprint density at radius 1 is 1.24 bits per heavy atom. The van der Waals surface area contributed by atoms with E-state index in [-0.39, 0.29) is 25.4 Å². The lowest BCUT2D eigenvalue weighted by Crippen LogP contribution is -2.32. The van der Waals surface area contributed by atoms with Gasteiger partial charge in [-0.25, -0.2) is 0 Å². The molecule has 0 atom stereocenters. The second-order valence-electron chi connectivity index (χ2n) is 3.43. The Kier molecular flexibility index (Phi) is 5.48. The van der Waals surface area contributed by atoms with E-state index in [1.165, 1.54) is 0 Å². The number of rotatable bonds is 6. The Morgan fingerprint density at radius 3 is 2.47 bits per heavy atom. The van der Waals surface area contributed by atoms with Gasteiger partial charge in [-0.3, -0.25) is 9.59 Å². The number of nitrogens with one attached hydrogen (secondary N) is 2. The number of hydrogen-bond acceptors (Lipinski definition) is 3. The van der Waals surface area contributed by atoms with Crippen LogP contribution >= 0.6 is 15.9 Å². The van der Waals surface area contributed by atoms with E-state index >= 15 is 0 Å². The molecule has 17 heavy (non-hydrogen) atoms. The molecular formula is C11H14BrN3O2. The Morgan fingerprint density at radius 2 is 1.88 bits per heavy atom. The number of benzene rings is 1. The smallest absolute Gasteiger partial charge is 0.239 e. The topological polar surface area (TPSA) is 84.2 Å². The van der Waals surface area contributed by atoms with E-state index in [2.05, 4.69) is 26.6 Å². The van der Waals surface area contributed by atoms with E-state index in [1.807, 2.05) is 24.3 Å². The summed E-state index contributed by atoms with van der Waals surface area (Å²) in [7, 11) is 0. The highest BCUT2D eigenvalue weighted by atomic mass is 79.9. The van der Waals surface area contributed by atoms with Crippen molar-refractivity contribution in [2.75, 3.05) is 18.4 Å². The van der Waals surface area contributed by atoms with E-state index in [4.69, 9.17) is 5.73 Å². The molecule has 0 saturated carbocycles. The van der Waals surface area contributed by atoms with Gasteiger partial charge in [-0.05, 0) is 24.3 Å². The van der Waals surface area contributed by atoms with Crippen LogP contribution in [0.3, 0.4) is 0 Å². The molecule has 0 aliphatic heterocycles. The molecule has 0 saturated heterocycles. The maximum Gasteiger partial charge on any atom is 0.239 e. The largest absolute Gasteiger partial charge is 0.376 e. The minimum Gasteiger partial charge on any atom is -0.376 e. The van der Waals surface area contributed by atoms with Crippen molar-refractivity contribution < 1.29 is 9.59 Å². The van der Waals surface area contributed by atoms with Gasteiger partial charge in [0.25, 0.3) is 0 Å². The van der Waals surface area contributed by atoms with Gasteiger partial charge in [0.2, 0.25) is 11.8 Å². The Labute approximate surface area is 108 Å². The molecule has 5 nitrogen and oxygen atoms in total. The van der Waals surface area contributed by atoms with Crippen molar-refractivity contribution in [3.63, 3.8) is 0 Å². The first-order valence-electron chi connectivity index (χ1n) is 5.12. The lowest BCUT2D eigenvalue weighted by molar-refractivity contribution is -0.120. The number of amides is 2. The molecule has 6 heteroatoms. The number of anilines is 1. The van der Waals surface area contributed by atoms with Gasteiger partial charge in [0.05, 0.1) is 6.54 Å². The fourth-order valence-electron chi connectivity index (χ4n) is 1.14. The zero-order chi connectivity index (χ0) is 12.7. The molecule has 92 valence electrons. The highest BCUT2D eigenvalue weighted by Crippen LogP contribution is 2.13. The van der Waals surface area contributed by atoms with Crippen LogP contribution in [0.15, 0.2) is 28.7 Å². The first-order valence-corrected chi connectivity index (χ1v) is 5.91. The third-order valence-electron chi connectivity index (χ3n) is 1.99. The van der Waals surface area contributed by atoms with E-state index in [0.29, 0.717) is 0 Å². The number of nitrogens with two attached hydrogens (primary N) is 1. The normalized spacial score (nSPS) is 9.71. The van der Waals surface area contributed by atoms with Crippen molar-refractivity contribution in [2.45, 2.75) is 6.42 Å². The maximum atomic E-state index is 11.3. The molecular weight excluding hydrogens is 286 g/mol. The zero-order valence-electron chi connectivity index (χ0n) is 9.20. The fraction of sp³-hybridized carbons (Fsp3) is 0.273. The third-order valence-corrected chi connectivity index (χ3v) is 2.52. The van der Waals surface area contributed by atoms with Crippen LogP contribution in [0, 0.1) is 0 Å². The molecule has 0 aliphatic carbocycles. The summed E-state index contributed by atoms with van der Waals surface area (Å²) in [4.78, 5) is 21.8. The Hall–Kier alpha value is -1.56. The van der Waals surface area contributed by atoms with Gasteiger partial charge >= 0.3 is 0 Å². The van der Waals surface area contributed by atoms with Gasteiger partial charge in [-0.1, -0.05) is 15.9 Å². The van der Waals surface area contributed by atoms with Gasteiger partial charge in [0.1, 0.15) is 0 Å². The highest BCUT2D eigenvalue weighted by Gasteiger charge is 2.01. The molecule has 0 unspecified atom stereocenters. The second-order valence-corrected chi connectivity index (χ2v) is 4.34. The number of carbonyl (C=O) groups is 2. The monoisotopic (exact) mass is 299 g/mol. The van der Waals surface area contributed by atoms with Crippen LogP contribution in [0.5, 0.6) is 0 Å². The summed E-state index contributed by atoms with van der Waals surface area (Å²) < 4.78 is 0.981. The first kappa shape index (κ1) is 13.5. The SMILES string of the molecule is NC(=O)CCNC(=O)CNc1ccc(Br)cc1. The lowest BCUT2D eigenvalue weighted by Gasteiger charge is -2.07. The van der Waals surface area contributed by atoms with Crippen molar-refractivity contribution >= 4 is 33.4 Å². The van der Waals surface area contributed by atoms with Gasteiger partial charge < -0.3 is 16.4 Å². The summed E-state index contributed by atoms with van der Waals surface area (Å²) in [6.45, 7) is 0.441. The highest BCUT2D eigenvalue weighted by molar-refractivity contribution is 9.10. The van der Waals surface area contributed by atoms with Crippen LogP contribution in [0.4, 0.5) is 5.69 Å². The molecule has 2 amide bonds. The summed E-state index contributed by atoms with van der Waals surface area (Å²) in [5.41, 5.74) is 5.81. The average molecular weight is 300 g/mol. The van der Waals surface area contributed by atoms with Crippen LogP contribution in [0.25, 0.3) is 0 Å². The van der Waals surface area contributed by atoms with E-state index in [0.717, 1.165) is 10.2 Å². The predicted molar refractivity (Wildman–Crippen MR) is 69.5 cm³/mol. The summed E-state index contributed by atoms with van der Waals surface area (Å²) in [6, 6.07) is 7.49. The molecule has 1 rings (SSSR count). The Bertz CT molecular complexity index is 392. The molecule has 1 aromatic carbocycles. The summed E-state index contributed by atoms with van der Waals surface area (Å²) >= 11 is 3.32. The van der Waals surface area contributed by atoms with Crippen LogP contribution in [0.1, 0.15) is 6.42 Å². The summed E-state index contributed by atoms with van der Waals surface area (Å²) in [6.07, 6.45) is 0.157. The molecule has 0 aliphatic rings. The van der Waals surface area contributed by atoms with Crippen LogP contribution in [0.2, 0.25) is 0 Å². The third kappa shape index (κ3) is 5.91. The number of halogens is 1. The van der Waals surface area contributed by atoms with Gasteiger partial charge in [0, 0.05) is 23.1 Å². The molecule has 4 N–H and O–H groups in total. The van der Waals surface area contributed by atoms with Crippen molar-refractivity contribution in [1.82, 2.24) is 5.32 Å². The van der Waals surface area contributed by atoms with Crippen LogP contribution < -0.4 is 16.4 Å². The standard InChI is InChI=1S/C11H14BrN3O2/c12-8-1-3-9(4-2-8)15-7-11(17)14-6-5-10(13)16/h1-4,15H,5-7H2,(H2,13,16)(H,14,17). The molecule has 0 radical (unpaired) electrons. The molecule has 0 aromatic heterocycles. The Balaban J connectivity index is 2.23. The van der Waals surface area contributed by atoms with Crippen molar-refractivity contribution in [1.29, 1.82) is 0 Å². The van der Waals surface area contributed by atoms with Crippen molar-refractivity contribution in [2.24, 2.45) is 5.73 Å². The molecule has 0 bridgehead atoms. The van der Waals surface area contributed by atoms with Gasteiger partial charge in [-0.15, -0.1) is 0 Å². The van der Waals surface area contributed by atoms with Crippen LogP contribution in [-0.4, -0.2) is 24.9 Å². The number of carbonyl (C=O) groups excluding carboxylic acids is 2. The number of hydrogen-bond donors (Lipinski definition) is 3. The maximum absolute atomic E-state index is 11.3. The van der Waals surface area contributed by atoms with Gasteiger partial charge in [-0.2, -0.15) is 0 Å². The van der Waals surface area contributed by atoms with Crippen molar-refractivity contribution in [3.05, 3.63) is 28.7 Å². The predicted octanol–water partition coefficient (Wildman–Crippen LogP) is 0.853. The van der Waals surface area contributed by atoms with E-state index < -0.39 is 5.91 Å². The van der Waals surface area contributed by atoms with Crippen molar-refractivity contribution in [3.8, 4) is 0 Å². The summed E-state index contributed by atoms with van der Waals surface area (Å²) in [5.74, 6) is -0.597. The van der Waals surface area contributed by atoms with E-state index in [9.17, 15) is 9.59 Å². The minimum atomic E-state index is -0.425. The first-order chi connectivity index (χ1) is 8.08. The second kappa shape index (κ2) is 6.90. The molecule has 1 aromatic rings. The summed E-state index contributed by atoms with van der Waals surface area (Å²) in [5, 5.41) is 5.54. The molecule has 0 spiro atoms.